The minimum absolute atomic E-state index is 0. The lowest BCUT2D eigenvalue weighted by atomic mass is 9.86. The van der Waals surface area contributed by atoms with Gasteiger partial charge >= 0.3 is 0 Å². The number of thioether (sulfide) groups is 1. The normalized spacial score (nSPS) is 25.2. The van der Waals surface area contributed by atoms with E-state index in [1.54, 1.807) is 0 Å². The molecule has 0 spiro atoms. The summed E-state index contributed by atoms with van der Waals surface area (Å²) in [5.41, 5.74) is 0. The highest BCUT2D eigenvalue weighted by atomic mass is 35.5. The van der Waals surface area contributed by atoms with E-state index in [0.29, 0.717) is 18.4 Å². The van der Waals surface area contributed by atoms with Crippen molar-refractivity contribution in [2.24, 2.45) is 11.8 Å². The van der Waals surface area contributed by atoms with Crippen LogP contribution in [-0.4, -0.2) is 48.0 Å². The molecule has 2 heterocycles. The van der Waals surface area contributed by atoms with Crippen molar-refractivity contribution >= 4 is 30.1 Å². The van der Waals surface area contributed by atoms with Gasteiger partial charge in [-0.1, -0.05) is 13.8 Å². The van der Waals surface area contributed by atoms with Gasteiger partial charge < -0.3 is 10.2 Å². The highest BCUT2D eigenvalue weighted by molar-refractivity contribution is 7.99. The number of hydrogen-bond donors (Lipinski definition) is 1. The number of amides is 1. The van der Waals surface area contributed by atoms with Crippen molar-refractivity contribution in [2.45, 2.75) is 39.2 Å². The molecule has 1 N–H and O–H groups in total. The fourth-order valence-electron chi connectivity index (χ4n) is 2.91. The smallest absolute Gasteiger partial charge is 0.224 e. The summed E-state index contributed by atoms with van der Waals surface area (Å²) in [6.45, 7) is 7.60. The molecule has 0 aromatic carbocycles. The Labute approximate surface area is 127 Å². The van der Waals surface area contributed by atoms with Crippen molar-refractivity contribution in [3.8, 4) is 0 Å². The maximum absolute atomic E-state index is 12.2. The van der Waals surface area contributed by atoms with Gasteiger partial charge in [0.2, 0.25) is 5.91 Å². The van der Waals surface area contributed by atoms with Gasteiger partial charge in [0.25, 0.3) is 0 Å². The van der Waals surface area contributed by atoms with Gasteiger partial charge in [-0.3, -0.25) is 4.79 Å². The van der Waals surface area contributed by atoms with Crippen molar-refractivity contribution in [3.63, 3.8) is 0 Å². The summed E-state index contributed by atoms with van der Waals surface area (Å²) in [7, 11) is 0. The zero-order chi connectivity index (χ0) is 13.0. The topological polar surface area (TPSA) is 32.3 Å². The minimum atomic E-state index is 0. The van der Waals surface area contributed by atoms with E-state index in [1.807, 2.05) is 11.8 Å². The number of hydrogen-bond acceptors (Lipinski definition) is 3. The third-order valence-corrected chi connectivity index (χ3v) is 5.39. The van der Waals surface area contributed by atoms with Gasteiger partial charge in [-0.05, 0) is 24.7 Å². The van der Waals surface area contributed by atoms with Crippen molar-refractivity contribution in [2.75, 3.05) is 31.1 Å². The number of nitrogens with one attached hydrogen (secondary N) is 1. The first kappa shape index (κ1) is 17.1. The van der Waals surface area contributed by atoms with Crippen molar-refractivity contribution in [1.82, 2.24) is 10.2 Å². The van der Waals surface area contributed by atoms with Crippen LogP contribution < -0.4 is 5.32 Å². The van der Waals surface area contributed by atoms with Gasteiger partial charge in [0.15, 0.2) is 0 Å². The van der Waals surface area contributed by atoms with Crippen LogP contribution >= 0.6 is 24.2 Å². The van der Waals surface area contributed by atoms with E-state index in [1.165, 1.54) is 18.6 Å². The van der Waals surface area contributed by atoms with E-state index in [4.69, 9.17) is 0 Å². The minimum Gasteiger partial charge on any atom is -0.343 e. The number of carbonyl (C=O) groups excluding carboxylic acids is 1. The lowest BCUT2D eigenvalue weighted by Gasteiger charge is -2.35. The Bertz CT molecular complexity index is 275. The molecule has 0 aromatic rings. The first-order valence-electron chi connectivity index (χ1n) is 7.25. The van der Waals surface area contributed by atoms with Crippen LogP contribution in [0.3, 0.4) is 0 Å². The van der Waals surface area contributed by atoms with E-state index in [-0.39, 0.29) is 12.4 Å². The first-order chi connectivity index (χ1) is 8.66. The molecule has 2 saturated heterocycles. The van der Waals surface area contributed by atoms with E-state index < -0.39 is 0 Å². The lowest BCUT2D eigenvalue weighted by molar-refractivity contribution is -0.133. The number of rotatable bonds is 3. The molecule has 0 saturated carbocycles. The Balaban J connectivity index is 0.00000180. The zero-order valence-corrected chi connectivity index (χ0v) is 13.7. The molecule has 0 radical (unpaired) electrons. The van der Waals surface area contributed by atoms with Crippen LogP contribution in [0.1, 0.15) is 33.1 Å². The number of likely N-dealkylation sites (tertiary alicyclic amines) is 1. The van der Waals surface area contributed by atoms with E-state index >= 15 is 0 Å². The molecule has 112 valence electrons. The summed E-state index contributed by atoms with van der Waals surface area (Å²) in [6, 6.07) is 0.402. The monoisotopic (exact) mass is 306 g/mol. The van der Waals surface area contributed by atoms with Crippen LogP contribution in [-0.2, 0) is 4.79 Å². The zero-order valence-electron chi connectivity index (χ0n) is 12.1. The maximum Gasteiger partial charge on any atom is 0.224 e. The van der Waals surface area contributed by atoms with Crippen LogP contribution in [0.15, 0.2) is 0 Å². The predicted octanol–water partition coefficient (Wildman–Crippen LogP) is 2.40. The van der Waals surface area contributed by atoms with Gasteiger partial charge in [-0.15, -0.1) is 12.4 Å². The molecular formula is C14H27ClN2OS. The Hall–Kier alpha value is 0.0700. The molecule has 3 nitrogen and oxygen atoms in total. The van der Waals surface area contributed by atoms with Gasteiger partial charge in [-0.2, -0.15) is 11.8 Å². The number of piperidine rings is 1. The van der Waals surface area contributed by atoms with Crippen molar-refractivity contribution in [3.05, 3.63) is 0 Å². The Morgan fingerprint density at radius 1 is 1.37 bits per heavy atom. The molecule has 2 fully saturated rings. The summed E-state index contributed by atoms with van der Waals surface area (Å²) < 4.78 is 0. The van der Waals surface area contributed by atoms with E-state index in [0.717, 1.165) is 37.2 Å². The molecule has 1 unspecified atom stereocenters. The molecule has 1 amide bonds. The van der Waals surface area contributed by atoms with Crippen LogP contribution in [0.4, 0.5) is 0 Å². The number of nitrogens with zero attached hydrogens (tertiary/aromatic N) is 1. The molecule has 2 rings (SSSR count). The quantitative estimate of drug-likeness (QED) is 0.869. The van der Waals surface area contributed by atoms with Gasteiger partial charge in [0.05, 0.1) is 0 Å². The van der Waals surface area contributed by atoms with Crippen molar-refractivity contribution < 1.29 is 4.79 Å². The predicted molar refractivity (Wildman–Crippen MR) is 85.1 cm³/mol. The Morgan fingerprint density at radius 3 is 2.58 bits per heavy atom. The van der Waals surface area contributed by atoms with Gasteiger partial charge in [0, 0.05) is 43.6 Å². The summed E-state index contributed by atoms with van der Waals surface area (Å²) in [4.78, 5) is 14.3. The van der Waals surface area contributed by atoms with Gasteiger partial charge in [-0.25, -0.2) is 0 Å². The molecule has 0 aliphatic carbocycles. The molecule has 2 aliphatic rings. The van der Waals surface area contributed by atoms with Gasteiger partial charge in [0.1, 0.15) is 0 Å². The molecule has 19 heavy (non-hydrogen) atoms. The lowest BCUT2D eigenvalue weighted by Crippen LogP contribution is -2.45. The fraction of sp³-hybridized carbons (Fsp3) is 0.929. The molecule has 5 heteroatoms. The standard InChI is InChI=1S/C14H26N2OS.ClH/c1-11(2)12-3-6-16(7-4-12)14(17)9-13-10-18-8-5-15-13;/h11-13,15H,3-10H2,1-2H3;1H. The average Bonchev–Trinajstić information content (AvgIpc) is 2.40. The highest BCUT2D eigenvalue weighted by Crippen LogP contribution is 2.25. The molecule has 2 aliphatic heterocycles. The average molecular weight is 307 g/mol. The van der Waals surface area contributed by atoms with Crippen LogP contribution in [0.5, 0.6) is 0 Å². The fourth-order valence-corrected chi connectivity index (χ4v) is 3.86. The third-order valence-electron chi connectivity index (χ3n) is 4.25. The molecule has 0 aromatic heterocycles. The Kier molecular flexibility index (Phi) is 7.55. The molecule has 1 atom stereocenters. The summed E-state index contributed by atoms with van der Waals surface area (Å²) in [5.74, 6) is 4.21. The SMILES string of the molecule is CC(C)C1CCN(C(=O)CC2CSCCN2)CC1.Cl. The largest absolute Gasteiger partial charge is 0.343 e. The van der Waals surface area contributed by atoms with Crippen molar-refractivity contribution in [1.29, 1.82) is 0 Å². The summed E-state index contributed by atoms with van der Waals surface area (Å²) >= 11 is 1.96. The Morgan fingerprint density at radius 2 is 2.05 bits per heavy atom. The number of carbonyl (C=O) groups is 1. The van der Waals surface area contributed by atoms with E-state index in [9.17, 15) is 4.79 Å². The second-order valence-corrected chi connectivity index (χ2v) is 7.04. The van der Waals surface area contributed by atoms with Crippen LogP contribution in [0, 0.1) is 11.8 Å². The van der Waals surface area contributed by atoms with Crippen LogP contribution in [0.2, 0.25) is 0 Å². The molecular weight excluding hydrogens is 280 g/mol. The highest BCUT2D eigenvalue weighted by Gasteiger charge is 2.26. The molecule has 0 bridgehead atoms. The summed E-state index contributed by atoms with van der Waals surface area (Å²) in [6.07, 6.45) is 3.08. The van der Waals surface area contributed by atoms with Crippen LogP contribution in [0.25, 0.3) is 0 Å². The van der Waals surface area contributed by atoms with E-state index in [2.05, 4.69) is 24.1 Å². The number of halogens is 1. The maximum atomic E-state index is 12.2. The summed E-state index contributed by atoms with van der Waals surface area (Å²) in [5, 5.41) is 3.45. The second kappa shape index (κ2) is 8.38. The third kappa shape index (κ3) is 5.16. The first-order valence-corrected chi connectivity index (χ1v) is 8.41. The second-order valence-electron chi connectivity index (χ2n) is 5.89.